The highest BCUT2D eigenvalue weighted by Gasteiger charge is 2.04. The van der Waals surface area contributed by atoms with Crippen LogP contribution in [0.25, 0.3) is 0 Å². The summed E-state index contributed by atoms with van der Waals surface area (Å²) in [6.07, 6.45) is 0. The Balaban J connectivity index is 2.44. The van der Waals surface area contributed by atoms with Gasteiger partial charge in [-0.3, -0.25) is 10.2 Å². The molecule has 0 radical (unpaired) electrons. The van der Waals surface area contributed by atoms with E-state index < -0.39 is 0 Å². The van der Waals surface area contributed by atoms with Crippen LogP contribution in [0.3, 0.4) is 0 Å². The number of carbonyl (C=O) groups is 1. The van der Waals surface area contributed by atoms with Crippen LogP contribution in [-0.2, 0) is 4.79 Å². The average Bonchev–Trinajstić information content (AvgIpc) is 2.26. The van der Waals surface area contributed by atoms with Crippen LogP contribution >= 0.6 is 0 Å². The maximum absolute atomic E-state index is 11.3. The largest absolute Gasteiger partial charge is 0.484 e. The van der Waals surface area contributed by atoms with Gasteiger partial charge in [-0.2, -0.15) is 0 Å². The van der Waals surface area contributed by atoms with E-state index in [0.29, 0.717) is 11.7 Å². The van der Waals surface area contributed by atoms with Gasteiger partial charge < -0.3 is 4.74 Å². The van der Waals surface area contributed by atoms with Gasteiger partial charge in [-0.05, 0) is 23.6 Å². The summed E-state index contributed by atoms with van der Waals surface area (Å²) in [6, 6.07) is 7.81. The fourth-order valence-corrected chi connectivity index (χ4v) is 1.38. The van der Waals surface area contributed by atoms with Crippen molar-refractivity contribution in [2.45, 2.75) is 19.8 Å². The number of amides is 1. The van der Waals surface area contributed by atoms with Crippen LogP contribution in [0.2, 0.25) is 0 Å². The number of hydrogen-bond donors (Lipinski definition) is 1. The summed E-state index contributed by atoms with van der Waals surface area (Å²) in [7, 11) is 3.52. The molecule has 1 aromatic rings. The van der Waals surface area contributed by atoms with Crippen LogP contribution in [0.5, 0.6) is 5.75 Å². The lowest BCUT2D eigenvalue weighted by Crippen LogP contribution is -2.39. The van der Waals surface area contributed by atoms with Crippen molar-refractivity contribution >= 4 is 5.91 Å². The summed E-state index contributed by atoms with van der Waals surface area (Å²) in [5.41, 5.74) is 3.87. The fraction of sp³-hybridized carbons (Fsp3) is 0.462. The fourth-order valence-electron chi connectivity index (χ4n) is 1.38. The van der Waals surface area contributed by atoms with E-state index in [-0.39, 0.29) is 12.5 Å². The smallest absolute Gasteiger partial charge is 0.272 e. The van der Waals surface area contributed by atoms with Crippen molar-refractivity contribution in [3.8, 4) is 5.75 Å². The molecule has 0 aliphatic heterocycles. The average molecular weight is 236 g/mol. The van der Waals surface area contributed by atoms with Crippen LogP contribution in [-0.4, -0.2) is 31.6 Å². The molecular weight excluding hydrogens is 216 g/mol. The van der Waals surface area contributed by atoms with Crippen LogP contribution in [0.4, 0.5) is 0 Å². The number of nitrogens with zero attached hydrogens (tertiary/aromatic N) is 1. The second kappa shape index (κ2) is 6.25. The zero-order valence-corrected chi connectivity index (χ0v) is 10.9. The van der Waals surface area contributed by atoms with Gasteiger partial charge in [0.2, 0.25) is 0 Å². The summed E-state index contributed by atoms with van der Waals surface area (Å²) in [5, 5.41) is 1.59. The molecule has 4 nitrogen and oxygen atoms in total. The summed E-state index contributed by atoms with van der Waals surface area (Å²) >= 11 is 0. The molecule has 1 N–H and O–H groups in total. The van der Waals surface area contributed by atoms with E-state index in [1.54, 1.807) is 19.1 Å². The molecule has 1 rings (SSSR count). The molecule has 1 amide bonds. The molecule has 0 aliphatic carbocycles. The van der Waals surface area contributed by atoms with Crippen LogP contribution in [0.1, 0.15) is 25.3 Å². The monoisotopic (exact) mass is 236 g/mol. The van der Waals surface area contributed by atoms with Crippen molar-refractivity contribution < 1.29 is 9.53 Å². The van der Waals surface area contributed by atoms with Crippen molar-refractivity contribution in [2.75, 3.05) is 20.7 Å². The molecule has 0 aliphatic rings. The Labute approximate surface area is 103 Å². The maximum Gasteiger partial charge on any atom is 0.272 e. The van der Waals surface area contributed by atoms with Gasteiger partial charge in [0.05, 0.1) is 0 Å². The van der Waals surface area contributed by atoms with Gasteiger partial charge in [-0.15, -0.1) is 0 Å². The molecule has 0 aromatic heterocycles. The molecule has 0 bridgehead atoms. The van der Waals surface area contributed by atoms with E-state index in [0.717, 1.165) is 0 Å². The second-order valence-electron chi connectivity index (χ2n) is 4.44. The Hall–Kier alpha value is -1.55. The molecule has 0 heterocycles. The molecule has 0 spiro atoms. The van der Waals surface area contributed by atoms with Crippen molar-refractivity contribution in [3.63, 3.8) is 0 Å². The summed E-state index contributed by atoms with van der Waals surface area (Å²) in [5.74, 6) is 1.05. The minimum atomic E-state index is -0.164. The highest BCUT2D eigenvalue weighted by atomic mass is 16.5. The number of hydrogen-bond acceptors (Lipinski definition) is 3. The minimum Gasteiger partial charge on any atom is -0.484 e. The van der Waals surface area contributed by atoms with Crippen LogP contribution in [0, 0.1) is 0 Å². The van der Waals surface area contributed by atoms with E-state index in [4.69, 9.17) is 4.74 Å². The predicted octanol–water partition coefficient (Wildman–Crippen LogP) is 1.78. The Morgan fingerprint density at radius 2 is 1.88 bits per heavy atom. The number of nitrogens with one attached hydrogen (secondary N) is 1. The lowest BCUT2D eigenvalue weighted by molar-refractivity contribution is -0.126. The Bertz CT molecular complexity index is 358. The first-order chi connectivity index (χ1) is 7.99. The molecule has 0 saturated heterocycles. The lowest BCUT2D eigenvalue weighted by atomic mass is 10.0. The molecule has 94 valence electrons. The number of hydrazine groups is 1. The van der Waals surface area contributed by atoms with Gasteiger partial charge in [0, 0.05) is 14.1 Å². The first-order valence-electron chi connectivity index (χ1n) is 5.68. The van der Waals surface area contributed by atoms with Crippen LogP contribution < -0.4 is 10.2 Å². The molecular formula is C13H20N2O2. The molecule has 17 heavy (non-hydrogen) atoms. The third-order valence-electron chi connectivity index (χ3n) is 2.27. The maximum atomic E-state index is 11.3. The highest BCUT2D eigenvalue weighted by molar-refractivity contribution is 5.76. The first-order valence-corrected chi connectivity index (χ1v) is 5.68. The zero-order chi connectivity index (χ0) is 12.8. The summed E-state index contributed by atoms with van der Waals surface area (Å²) < 4.78 is 5.36. The lowest BCUT2D eigenvalue weighted by Gasteiger charge is -2.12. The topological polar surface area (TPSA) is 41.6 Å². The zero-order valence-electron chi connectivity index (χ0n) is 10.9. The van der Waals surface area contributed by atoms with E-state index in [2.05, 4.69) is 19.3 Å². The van der Waals surface area contributed by atoms with E-state index in [1.165, 1.54) is 5.56 Å². The normalized spacial score (nSPS) is 10.7. The molecule has 0 unspecified atom stereocenters. The minimum absolute atomic E-state index is 0.0270. The van der Waals surface area contributed by atoms with Crippen LogP contribution in [0.15, 0.2) is 24.3 Å². The Morgan fingerprint density at radius 3 is 2.35 bits per heavy atom. The number of benzene rings is 1. The summed E-state index contributed by atoms with van der Waals surface area (Å²) in [4.78, 5) is 11.3. The van der Waals surface area contributed by atoms with Crippen molar-refractivity contribution in [2.24, 2.45) is 0 Å². The summed E-state index contributed by atoms with van der Waals surface area (Å²) in [6.45, 7) is 4.31. The van der Waals surface area contributed by atoms with E-state index >= 15 is 0 Å². The first kappa shape index (κ1) is 13.5. The molecule has 1 aromatic carbocycles. The number of carbonyl (C=O) groups excluding carboxylic acids is 1. The SMILES string of the molecule is CC(C)c1ccc(OCC(=O)NN(C)C)cc1. The van der Waals surface area contributed by atoms with Crippen molar-refractivity contribution in [3.05, 3.63) is 29.8 Å². The van der Waals surface area contributed by atoms with Gasteiger partial charge in [0.25, 0.3) is 5.91 Å². The quantitative estimate of drug-likeness (QED) is 0.792. The Kier molecular flexibility index (Phi) is 4.97. The second-order valence-corrected chi connectivity index (χ2v) is 4.44. The van der Waals surface area contributed by atoms with Crippen molar-refractivity contribution in [1.29, 1.82) is 0 Å². The Morgan fingerprint density at radius 1 is 1.29 bits per heavy atom. The van der Waals surface area contributed by atoms with E-state index in [1.807, 2.05) is 24.3 Å². The molecule has 0 fully saturated rings. The third-order valence-corrected chi connectivity index (χ3v) is 2.27. The van der Waals surface area contributed by atoms with Gasteiger partial charge in [-0.25, -0.2) is 5.01 Å². The number of ether oxygens (including phenoxy) is 1. The van der Waals surface area contributed by atoms with Gasteiger partial charge in [0.15, 0.2) is 6.61 Å². The number of rotatable bonds is 5. The third kappa shape index (κ3) is 4.87. The van der Waals surface area contributed by atoms with Crippen molar-refractivity contribution in [1.82, 2.24) is 10.4 Å². The highest BCUT2D eigenvalue weighted by Crippen LogP contribution is 2.18. The van der Waals surface area contributed by atoms with Gasteiger partial charge >= 0.3 is 0 Å². The molecule has 0 saturated carbocycles. The van der Waals surface area contributed by atoms with Gasteiger partial charge in [-0.1, -0.05) is 26.0 Å². The predicted molar refractivity (Wildman–Crippen MR) is 67.9 cm³/mol. The van der Waals surface area contributed by atoms with E-state index in [9.17, 15) is 4.79 Å². The molecule has 4 heteroatoms. The molecule has 0 atom stereocenters. The van der Waals surface area contributed by atoms with Gasteiger partial charge in [0.1, 0.15) is 5.75 Å². The standard InChI is InChI=1S/C13H20N2O2/c1-10(2)11-5-7-12(8-6-11)17-9-13(16)14-15(3)4/h5-8,10H,9H2,1-4H3,(H,14,16).